The molecule has 26 heteroatoms. The molecule has 2 aliphatic rings. The summed E-state index contributed by atoms with van der Waals surface area (Å²) in [5.41, 5.74) is -4.75. The van der Waals surface area contributed by atoms with Gasteiger partial charge in [0.05, 0.1) is 45.9 Å². The van der Waals surface area contributed by atoms with Crippen LogP contribution >= 0.6 is 11.6 Å². The molecule has 1 amide bonds. The van der Waals surface area contributed by atoms with Crippen LogP contribution in [0.2, 0.25) is 5.02 Å². The molecule has 3 atom stereocenters. The third-order valence-corrected chi connectivity index (χ3v) is 12.1. The molecule has 2 aromatic carbocycles. The van der Waals surface area contributed by atoms with Gasteiger partial charge in [-0.15, -0.1) is 0 Å². The number of hydrogen-bond acceptors (Lipinski definition) is 10. The van der Waals surface area contributed by atoms with Crippen LogP contribution in [0.25, 0.3) is 22.1 Å². The average molecular weight is 934 g/mol. The van der Waals surface area contributed by atoms with Crippen molar-refractivity contribution in [2.24, 2.45) is 13.0 Å². The molecule has 1 saturated carbocycles. The van der Waals surface area contributed by atoms with E-state index in [2.05, 4.69) is 25.3 Å². The molecule has 0 aliphatic heterocycles. The molecule has 62 heavy (non-hydrogen) atoms. The highest BCUT2D eigenvalue weighted by atomic mass is 35.5. The van der Waals surface area contributed by atoms with Crippen molar-refractivity contribution >= 4 is 59.6 Å². The Morgan fingerprint density at radius 3 is 2.39 bits per heavy atom. The van der Waals surface area contributed by atoms with Crippen molar-refractivity contribution in [1.29, 1.82) is 0 Å². The number of aromatic nitrogens is 7. The van der Waals surface area contributed by atoms with Gasteiger partial charge < -0.3 is 10.1 Å². The second-order valence-electron chi connectivity index (χ2n) is 15.1. The molecule has 0 unspecified atom stereocenters. The molecule has 0 bridgehead atoms. The number of nitrogens with zero attached hydrogens (tertiary/aromatic N) is 7. The molecule has 6 aromatic rings. The van der Waals surface area contributed by atoms with E-state index < -0.39 is 114 Å². The van der Waals surface area contributed by atoms with E-state index in [-0.39, 0.29) is 62.0 Å². The van der Waals surface area contributed by atoms with E-state index in [9.17, 15) is 48.4 Å². The molecule has 1 fully saturated rings. The molecule has 4 heterocycles. The molecular weight excluding hydrogens is 903 g/mol. The second-order valence-corrected chi connectivity index (χ2v) is 19.5. The van der Waals surface area contributed by atoms with E-state index in [4.69, 9.17) is 16.3 Å². The molecule has 4 aromatic heterocycles. The first-order chi connectivity index (χ1) is 28.8. The number of halogens is 8. The van der Waals surface area contributed by atoms with Crippen molar-refractivity contribution in [1.82, 2.24) is 39.1 Å². The van der Waals surface area contributed by atoms with Gasteiger partial charge in [-0.1, -0.05) is 11.6 Å². The number of amides is 1. The van der Waals surface area contributed by atoms with Gasteiger partial charge in [-0.2, -0.15) is 37.2 Å². The highest BCUT2D eigenvalue weighted by molar-refractivity contribution is 7.92. The summed E-state index contributed by atoms with van der Waals surface area (Å²) in [5, 5.41) is 14.6. The van der Waals surface area contributed by atoms with Gasteiger partial charge >= 0.3 is 6.18 Å². The zero-order valence-corrected chi connectivity index (χ0v) is 34.5. The normalized spacial score (nSPS) is 17.6. The number of alkyl halides is 5. The van der Waals surface area contributed by atoms with E-state index >= 15 is 8.78 Å². The van der Waals surface area contributed by atoms with Gasteiger partial charge in [0, 0.05) is 43.3 Å². The molecule has 330 valence electrons. The molecule has 0 saturated heterocycles. The Morgan fingerprint density at radius 2 is 1.74 bits per heavy atom. The lowest BCUT2D eigenvalue weighted by Gasteiger charge is -2.23. The lowest BCUT2D eigenvalue weighted by molar-refractivity contribution is -0.142. The van der Waals surface area contributed by atoms with Gasteiger partial charge in [-0.3, -0.25) is 28.2 Å². The number of carbonyl (C=O) groups is 1. The summed E-state index contributed by atoms with van der Waals surface area (Å²) >= 11 is 6.55. The molecule has 2 aliphatic carbocycles. The second kappa shape index (κ2) is 14.7. The number of sulfonamides is 1. The van der Waals surface area contributed by atoms with E-state index in [0.29, 0.717) is 6.07 Å². The number of rotatable bonds is 13. The standard InChI is InChI=1S/C36H31ClF7N9O7S2/c1-50-29-24(5-4-22(37)28(29)32(47-50)49-62(3,58)59)53-33(48-51-14-19(12-25(51)34(53)55)60-6-7-61(2,56)57)23(10-16-8-17(38)11-18(39)9-16)45-26(54)15-52-31-27(30(46-52)36(42,43)44)20-13-21(20)35(31,40)41/h4-5,8-9,11-12,14,20-21,23H,6-7,10,13,15H2,1-3H3,(H,45,54)(H,47,49)/t20-,21+,23-/m0/s1. The Bertz CT molecular complexity index is 3130. The summed E-state index contributed by atoms with van der Waals surface area (Å²) in [6, 6.07) is 4.46. The maximum atomic E-state index is 15.5. The van der Waals surface area contributed by atoms with E-state index in [1.165, 1.54) is 36.1 Å². The van der Waals surface area contributed by atoms with Crippen molar-refractivity contribution in [2.75, 3.05) is 29.6 Å². The number of sulfone groups is 1. The zero-order valence-electron chi connectivity index (χ0n) is 32.1. The molecule has 0 radical (unpaired) electrons. The number of fused-ring (bicyclic) bond motifs is 5. The SMILES string of the molecule is Cn1nc(NS(C)(=O)=O)c2c(Cl)ccc(-n3c([C@H](Cc4cc(F)cc(F)c4)NC(=O)Cn4nc(C(F)(F)F)c5c4C(F)(F)[C@@H]4C[C@H]54)nn4cc(OCCS(C)(=O)=O)cc4c3=O)c21. The average Bonchev–Trinajstić information content (AvgIpc) is 3.38. The topological polar surface area (TPSA) is 194 Å². The van der Waals surface area contributed by atoms with Crippen LogP contribution < -0.4 is 20.3 Å². The summed E-state index contributed by atoms with van der Waals surface area (Å²) in [5.74, 6) is -10.8. The molecular formula is C36H31ClF7N9O7S2. The Labute approximate surface area is 350 Å². The van der Waals surface area contributed by atoms with Crippen molar-refractivity contribution in [2.45, 2.75) is 43.4 Å². The maximum Gasteiger partial charge on any atom is 0.435 e. The minimum absolute atomic E-state index is 0.00351. The lowest BCUT2D eigenvalue weighted by atomic mass is 10.0. The Balaban J connectivity index is 1.32. The van der Waals surface area contributed by atoms with Crippen molar-refractivity contribution < 1.29 is 57.1 Å². The highest BCUT2D eigenvalue weighted by Gasteiger charge is 2.68. The van der Waals surface area contributed by atoms with Gasteiger partial charge in [-0.05, 0) is 42.2 Å². The van der Waals surface area contributed by atoms with Crippen molar-refractivity contribution in [3.63, 3.8) is 0 Å². The van der Waals surface area contributed by atoms with Crippen LogP contribution in [-0.4, -0.2) is 81.4 Å². The number of nitrogens with one attached hydrogen (secondary N) is 2. The maximum absolute atomic E-state index is 15.5. The smallest absolute Gasteiger partial charge is 0.435 e. The van der Waals surface area contributed by atoms with Crippen LogP contribution in [0.3, 0.4) is 0 Å². The fraction of sp³-hybridized carbons (Fsp3) is 0.361. The molecule has 8 rings (SSSR count). The molecule has 2 N–H and O–H groups in total. The first kappa shape index (κ1) is 43.0. The van der Waals surface area contributed by atoms with Crippen LogP contribution in [0.5, 0.6) is 5.75 Å². The van der Waals surface area contributed by atoms with Crippen molar-refractivity contribution in [3.8, 4) is 11.4 Å². The first-order valence-corrected chi connectivity index (χ1v) is 22.5. The Morgan fingerprint density at radius 1 is 1.05 bits per heavy atom. The van der Waals surface area contributed by atoms with Gasteiger partial charge in [0.15, 0.2) is 27.2 Å². The predicted octanol–water partition coefficient (Wildman–Crippen LogP) is 4.62. The number of ether oxygens (including phenoxy) is 1. The van der Waals surface area contributed by atoms with Crippen LogP contribution in [0.15, 0.2) is 47.4 Å². The number of aryl methyl sites for hydroxylation is 1. The number of carbonyl (C=O) groups excluding carboxylic acids is 1. The highest BCUT2D eigenvalue weighted by Crippen LogP contribution is 2.68. The van der Waals surface area contributed by atoms with Crippen LogP contribution in [0.1, 0.15) is 46.7 Å². The third-order valence-electron chi connectivity index (χ3n) is 10.3. The zero-order chi connectivity index (χ0) is 45.0. The Hall–Kier alpha value is -5.69. The molecule has 0 spiro atoms. The van der Waals surface area contributed by atoms with E-state index in [0.717, 1.165) is 33.7 Å². The predicted molar refractivity (Wildman–Crippen MR) is 207 cm³/mol. The third kappa shape index (κ3) is 7.95. The number of benzene rings is 2. The van der Waals surface area contributed by atoms with Gasteiger partial charge in [-0.25, -0.2) is 30.1 Å². The summed E-state index contributed by atoms with van der Waals surface area (Å²) in [7, 11) is -6.08. The van der Waals surface area contributed by atoms with Gasteiger partial charge in [0.1, 0.15) is 41.7 Å². The van der Waals surface area contributed by atoms with E-state index in [1.54, 1.807) is 0 Å². The lowest BCUT2D eigenvalue weighted by Crippen LogP contribution is -2.38. The summed E-state index contributed by atoms with van der Waals surface area (Å²) in [6.45, 7) is -1.56. The van der Waals surface area contributed by atoms with Crippen LogP contribution in [-0.2, 0) is 56.8 Å². The quantitative estimate of drug-likeness (QED) is 0.155. The molecule has 16 nitrogen and oxygen atoms in total. The minimum Gasteiger partial charge on any atom is -0.491 e. The summed E-state index contributed by atoms with van der Waals surface area (Å²) < 4.78 is 162. The monoisotopic (exact) mass is 933 g/mol. The first-order valence-electron chi connectivity index (χ1n) is 18.2. The van der Waals surface area contributed by atoms with Crippen LogP contribution in [0.4, 0.5) is 36.6 Å². The van der Waals surface area contributed by atoms with Gasteiger partial charge in [0.2, 0.25) is 15.9 Å². The summed E-state index contributed by atoms with van der Waals surface area (Å²) in [6.07, 6.45) is -2.93. The van der Waals surface area contributed by atoms with Crippen LogP contribution in [0, 0.1) is 17.6 Å². The van der Waals surface area contributed by atoms with E-state index in [1.807, 2.05) is 0 Å². The van der Waals surface area contributed by atoms with Gasteiger partial charge in [0.25, 0.3) is 11.5 Å². The number of hydrogen-bond donors (Lipinski definition) is 2. The minimum atomic E-state index is -5.14. The Kier molecular flexibility index (Phi) is 10.2. The number of anilines is 1. The largest absolute Gasteiger partial charge is 0.491 e. The van der Waals surface area contributed by atoms with Crippen molar-refractivity contribution in [3.05, 3.63) is 97.9 Å². The summed E-state index contributed by atoms with van der Waals surface area (Å²) in [4.78, 5) is 28.8. The fourth-order valence-electron chi connectivity index (χ4n) is 7.82. The fourth-order valence-corrected chi connectivity index (χ4v) is 8.94.